The second kappa shape index (κ2) is 3.77. The lowest BCUT2D eigenvalue weighted by Gasteiger charge is -2.19. The molecular weight excluding hydrogens is 210 g/mol. The van der Waals surface area contributed by atoms with E-state index in [2.05, 4.69) is 28.9 Å². The Morgan fingerprint density at radius 3 is 2.88 bits per heavy atom. The molecule has 3 rings (SSSR count). The summed E-state index contributed by atoms with van der Waals surface area (Å²) >= 11 is 0. The fourth-order valence-electron chi connectivity index (χ4n) is 2.44. The van der Waals surface area contributed by atoms with Gasteiger partial charge in [0.1, 0.15) is 0 Å². The SMILES string of the molecule is Cc1cnccc1N1Cc2cccc(N)c2C1. The average Bonchev–Trinajstić information content (AvgIpc) is 2.75. The van der Waals surface area contributed by atoms with Gasteiger partial charge in [-0.3, -0.25) is 4.98 Å². The molecule has 17 heavy (non-hydrogen) atoms. The summed E-state index contributed by atoms with van der Waals surface area (Å²) < 4.78 is 0. The number of rotatable bonds is 1. The van der Waals surface area contributed by atoms with Gasteiger partial charge in [0, 0.05) is 36.9 Å². The molecule has 0 fully saturated rings. The lowest BCUT2D eigenvalue weighted by Crippen LogP contribution is -2.15. The van der Waals surface area contributed by atoms with Crippen LogP contribution < -0.4 is 10.6 Å². The number of benzene rings is 1. The molecular formula is C14H15N3. The summed E-state index contributed by atoms with van der Waals surface area (Å²) in [4.78, 5) is 6.48. The Morgan fingerprint density at radius 1 is 1.24 bits per heavy atom. The van der Waals surface area contributed by atoms with Crippen molar-refractivity contribution in [3.05, 3.63) is 53.3 Å². The quantitative estimate of drug-likeness (QED) is 0.758. The van der Waals surface area contributed by atoms with Crippen LogP contribution >= 0.6 is 0 Å². The zero-order valence-electron chi connectivity index (χ0n) is 9.85. The van der Waals surface area contributed by atoms with Gasteiger partial charge in [-0.25, -0.2) is 0 Å². The Kier molecular flexibility index (Phi) is 2.25. The minimum Gasteiger partial charge on any atom is -0.398 e. The Morgan fingerprint density at radius 2 is 2.12 bits per heavy atom. The van der Waals surface area contributed by atoms with Crippen molar-refractivity contribution in [3.63, 3.8) is 0 Å². The highest BCUT2D eigenvalue weighted by Crippen LogP contribution is 2.32. The first-order valence-electron chi connectivity index (χ1n) is 5.77. The van der Waals surface area contributed by atoms with Crippen LogP contribution in [0.25, 0.3) is 0 Å². The monoisotopic (exact) mass is 225 g/mol. The van der Waals surface area contributed by atoms with Crippen LogP contribution in [0.4, 0.5) is 11.4 Å². The number of hydrogen-bond acceptors (Lipinski definition) is 3. The normalized spacial score (nSPS) is 13.8. The van der Waals surface area contributed by atoms with E-state index in [0.717, 1.165) is 18.8 Å². The summed E-state index contributed by atoms with van der Waals surface area (Å²) in [6.07, 6.45) is 3.75. The van der Waals surface area contributed by atoms with Gasteiger partial charge in [0.15, 0.2) is 0 Å². The van der Waals surface area contributed by atoms with Crippen LogP contribution in [0, 0.1) is 6.92 Å². The van der Waals surface area contributed by atoms with Crippen molar-refractivity contribution in [1.82, 2.24) is 4.98 Å². The van der Waals surface area contributed by atoms with E-state index in [1.807, 2.05) is 24.5 Å². The number of fused-ring (bicyclic) bond motifs is 1. The number of hydrogen-bond donors (Lipinski definition) is 1. The second-order valence-electron chi connectivity index (χ2n) is 4.50. The summed E-state index contributed by atoms with van der Waals surface area (Å²) in [5, 5.41) is 0. The zero-order valence-corrected chi connectivity index (χ0v) is 9.85. The molecule has 1 aromatic carbocycles. The number of nitrogens with two attached hydrogens (primary N) is 1. The molecule has 3 nitrogen and oxygen atoms in total. The van der Waals surface area contributed by atoms with Gasteiger partial charge in [0.25, 0.3) is 0 Å². The highest BCUT2D eigenvalue weighted by Gasteiger charge is 2.21. The van der Waals surface area contributed by atoms with E-state index in [9.17, 15) is 0 Å². The van der Waals surface area contributed by atoms with Crippen molar-refractivity contribution in [1.29, 1.82) is 0 Å². The molecule has 3 heteroatoms. The van der Waals surface area contributed by atoms with E-state index in [1.54, 1.807) is 0 Å². The van der Waals surface area contributed by atoms with E-state index in [1.165, 1.54) is 22.4 Å². The molecule has 0 radical (unpaired) electrons. The van der Waals surface area contributed by atoms with Crippen LogP contribution in [-0.4, -0.2) is 4.98 Å². The Hall–Kier alpha value is -2.03. The minimum atomic E-state index is 0.896. The molecule has 0 saturated heterocycles. The molecule has 0 atom stereocenters. The fourth-order valence-corrected chi connectivity index (χ4v) is 2.44. The maximum Gasteiger partial charge on any atom is 0.0457 e. The van der Waals surface area contributed by atoms with Crippen molar-refractivity contribution >= 4 is 11.4 Å². The van der Waals surface area contributed by atoms with Crippen molar-refractivity contribution in [2.24, 2.45) is 0 Å². The molecule has 2 N–H and O–H groups in total. The van der Waals surface area contributed by atoms with E-state index in [0.29, 0.717) is 0 Å². The summed E-state index contributed by atoms with van der Waals surface area (Å²) in [7, 11) is 0. The predicted octanol–water partition coefficient (Wildman–Crippen LogP) is 2.49. The highest BCUT2D eigenvalue weighted by atomic mass is 15.1. The topological polar surface area (TPSA) is 42.2 Å². The number of aromatic nitrogens is 1. The van der Waals surface area contributed by atoms with Gasteiger partial charge in [-0.15, -0.1) is 0 Å². The highest BCUT2D eigenvalue weighted by molar-refractivity contribution is 5.61. The predicted molar refractivity (Wildman–Crippen MR) is 69.7 cm³/mol. The van der Waals surface area contributed by atoms with E-state index >= 15 is 0 Å². The lowest BCUT2D eigenvalue weighted by molar-refractivity contribution is 0.873. The summed E-state index contributed by atoms with van der Waals surface area (Å²) in [6.45, 7) is 3.92. The van der Waals surface area contributed by atoms with Gasteiger partial charge < -0.3 is 10.6 Å². The largest absolute Gasteiger partial charge is 0.398 e. The van der Waals surface area contributed by atoms with Gasteiger partial charge >= 0.3 is 0 Å². The Balaban J connectivity index is 1.97. The number of aryl methyl sites for hydroxylation is 1. The maximum absolute atomic E-state index is 6.01. The molecule has 1 aliphatic heterocycles. The summed E-state index contributed by atoms with van der Waals surface area (Å²) in [6, 6.07) is 8.22. The average molecular weight is 225 g/mol. The van der Waals surface area contributed by atoms with Crippen LogP contribution in [0.3, 0.4) is 0 Å². The maximum atomic E-state index is 6.01. The lowest BCUT2D eigenvalue weighted by atomic mass is 10.1. The number of pyridine rings is 1. The first-order valence-corrected chi connectivity index (χ1v) is 5.77. The third kappa shape index (κ3) is 1.64. The molecule has 1 aliphatic rings. The number of nitrogens with zero attached hydrogens (tertiary/aromatic N) is 2. The molecule has 0 unspecified atom stereocenters. The van der Waals surface area contributed by atoms with Crippen LogP contribution in [0.1, 0.15) is 16.7 Å². The molecule has 0 bridgehead atoms. The smallest absolute Gasteiger partial charge is 0.0457 e. The molecule has 0 saturated carbocycles. The molecule has 0 aliphatic carbocycles. The summed E-state index contributed by atoms with van der Waals surface area (Å²) in [5.41, 5.74) is 12.0. The Bertz CT molecular complexity index is 563. The molecule has 86 valence electrons. The Labute approximate surface area is 101 Å². The van der Waals surface area contributed by atoms with Gasteiger partial charge in [-0.2, -0.15) is 0 Å². The van der Waals surface area contributed by atoms with Crippen LogP contribution in [0.5, 0.6) is 0 Å². The first-order chi connectivity index (χ1) is 8.25. The first kappa shape index (κ1) is 10.1. The van der Waals surface area contributed by atoms with Gasteiger partial charge in [-0.05, 0) is 35.7 Å². The molecule has 2 heterocycles. The third-order valence-electron chi connectivity index (χ3n) is 3.35. The second-order valence-corrected chi connectivity index (χ2v) is 4.50. The van der Waals surface area contributed by atoms with Crippen molar-refractivity contribution in [2.45, 2.75) is 20.0 Å². The van der Waals surface area contributed by atoms with Crippen LogP contribution in [-0.2, 0) is 13.1 Å². The van der Waals surface area contributed by atoms with Crippen LogP contribution in [0.15, 0.2) is 36.7 Å². The molecule has 0 amide bonds. The molecule has 2 aromatic rings. The van der Waals surface area contributed by atoms with E-state index in [-0.39, 0.29) is 0 Å². The minimum absolute atomic E-state index is 0.896. The van der Waals surface area contributed by atoms with Gasteiger partial charge in [0.05, 0.1) is 0 Å². The van der Waals surface area contributed by atoms with Crippen molar-refractivity contribution < 1.29 is 0 Å². The van der Waals surface area contributed by atoms with Crippen molar-refractivity contribution in [3.8, 4) is 0 Å². The zero-order chi connectivity index (χ0) is 11.8. The van der Waals surface area contributed by atoms with Gasteiger partial charge in [0.2, 0.25) is 0 Å². The molecule has 0 spiro atoms. The van der Waals surface area contributed by atoms with E-state index < -0.39 is 0 Å². The van der Waals surface area contributed by atoms with Gasteiger partial charge in [-0.1, -0.05) is 12.1 Å². The standard InChI is InChI=1S/C14H15N3/c1-10-7-16-6-5-14(10)17-8-11-3-2-4-13(15)12(11)9-17/h2-7H,8-9,15H2,1H3. The number of anilines is 2. The van der Waals surface area contributed by atoms with E-state index in [4.69, 9.17) is 5.73 Å². The van der Waals surface area contributed by atoms with Crippen molar-refractivity contribution in [2.75, 3.05) is 10.6 Å². The third-order valence-corrected chi connectivity index (χ3v) is 3.35. The fraction of sp³-hybridized carbons (Fsp3) is 0.214. The number of nitrogen functional groups attached to an aromatic ring is 1. The summed E-state index contributed by atoms with van der Waals surface area (Å²) in [5.74, 6) is 0. The van der Waals surface area contributed by atoms with Crippen LogP contribution in [0.2, 0.25) is 0 Å². The molecule has 1 aromatic heterocycles.